The molecule has 0 saturated carbocycles. The van der Waals surface area contributed by atoms with Gasteiger partial charge in [0.25, 0.3) is 0 Å². The average Bonchev–Trinajstić information content (AvgIpc) is 2.67. The fourth-order valence-electron chi connectivity index (χ4n) is 3.18. The first kappa shape index (κ1) is 15.9. The number of allylic oxidation sites excluding steroid dienone is 1. The molecule has 4 rings (SSSR count). The Bertz CT molecular complexity index is 1150. The molecule has 0 radical (unpaired) electrons. The molecule has 0 bridgehead atoms. The second-order valence-electron chi connectivity index (χ2n) is 5.96. The Morgan fingerprint density at radius 2 is 1.92 bits per heavy atom. The van der Waals surface area contributed by atoms with Gasteiger partial charge in [-0.2, -0.15) is 5.26 Å². The van der Waals surface area contributed by atoms with Gasteiger partial charge in [0.05, 0.1) is 5.92 Å². The van der Waals surface area contributed by atoms with Crippen LogP contribution in [0.2, 0.25) is 0 Å². The zero-order chi connectivity index (χ0) is 18.3. The van der Waals surface area contributed by atoms with Crippen LogP contribution < -0.4 is 15.9 Å². The molecule has 3 N–H and O–H groups in total. The topological polar surface area (TPSA) is 109 Å². The lowest BCUT2D eigenvalue weighted by Crippen LogP contribution is -2.25. The highest BCUT2D eigenvalue weighted by molar-refractivity contribution is 5.83. The number of aliphatic hydroxyl groups is 1. The van der Waals surface area contributed by atoms with Gasteiger partial charge in [-0.15, -0.1) is 0 Å². The van der Waals surface area contributed by atoms with E-state index in [1.54, 1.807) is 0 Å². The fourth-order valence-corrected chi connectivity index (χ4v) is 3.18. The Hall–Kier alpha value is -3.56. The molecule has 0 fully saturated rings. The van der Waals surface area contributed by atoms with E-state index in [-0.39, 0.29) is 28.7 Å². The lowest BCUT2D eigenvalue weighted by molar-refractivity contribution is 0.231. The summed E-state index contributed by atoms with van der Waals surface area (Å²) in [6, 6.07) is 16.7. The van der Waals surface area contributed by atoms with Crippen molar-refractivity contribution in [3.05, 3.63) is 87.3 Å². The SMILES string of the molecule is N#CC1=C(N)Oc2c(oc(CO)cc2=O)[C@@H]1c1ccc2ccccc2c1. The number of nitriles is 1. The van der Waals surface area contributed by atoms with Crippen LogP contribution in [0.4, 0.5) is 0 Å². The molecule has 0 unspecified atom stereocenters. The Morgan fingerprint density at radius 3 is 2.65 bits per heavy atom. The van der Waals surface area contributed by atoms with Crippen LogP contribution in [-0.4, -0.2) is 5.11 Å². The molecule has 128 valence electrons. The van der Waals surface area contributed by atoms with Crippen LogP contribution in [0.5, 0.6) is 5.75 Å². The highest BCUT2D eigenvalue weighted by atomic mass is 16.5. The summed E-state index contributed by atoms with van der Waals surface area (Å²) in [4.78, 5) is 12.3. The Balaban J connectivity index is 2.00. The van der Waals surface area contributed by atoms with Gasteiger partial charge in [0.1, 0.15) is 24.0 Å². The lowest BCUT2D eigenvalue weighted by Gasteiger charge is -2.25. The van der Waals surface area contributed by atoms with Gasteiger partial charge in [0, 0.05) is 6.07 Å². The summed E-state index contributed by atoms with van der Waals surface area (Å²) < 4.78 is 11.0. The number of nitrogens with zero attached hydrogens (tertiary/aromatic N) is 1. The number of ether oxygens (including phenoxy) is 1. The third-order valence-electron chi connectivity index (χ3n) is 4.39. The predicted octanol–water partition coefficient (Wildman–Crippen LogP) is 2.50. The fraction of sp³-hybridized carbons (Fsp3) is 0.100. The van der Waals surface area contributed by atoms with E-state index in [0.717, 1.165) is 22.4 Å². The minimum atomic E-state index is -0.687. The molecular formula is C20H14N2O4. The monoisotopic (exact) mass is 346 g/mol. The zero-order valence-electron chi connectivity index (χ0n) is 13.6. The van der Waals surface area contributed by atoms with Gasteiger partial charge < -0.3 is 20.0 Å². The molecule has 0 saturated heterocycles. The summed E-state index contributed by atoms with van der Waals surface area (Å²) in [5.74, 6) is -0.602. The summed E-state index contributed by atoms with van der Waals surface area (Å²) in [6.45, 7) is -0.436. The van der Waals surface area contributed by atoms with Crippen molar-refractivity contribution < 1.29 is 14.3 Å². The number of hydrogen-bond donors (Lipinski definition) is 2. The van der Waals surface area contributed by atoms with Crippen LogP contribution in [-0.2, 0) is 6.61 Å². The summed E-state index contributed by atoms with van der Waals surface area (Å²) in [5, 5.41) is 21.0. The second-order valence-corrected chi connectivity index (χ2v) is 5.96. The normalized spacial score (nSPS) is 16.1. The quantitative estimate of drug-likeness (QED) is 0.738. The van der Waals surface area contributed by atoms with Gasteiger partial charge in [-0.05, 0) is 16.3 Å². The first-order valence-corrected chi connectivity index (χ1v) is 7.96. The summed E-state index contributed by atoms with van der Waals surface area (Å²) in [7, 11) is 0. The maximum absolute atomic E-state index is 12.3. The van der Waals surface area contributed by atoms with Crippen LogP contribution in [0, 0.1) is 11.3 Å². The van der Waals surface area contributed by atoms with Gasteiger partial charge in [0.15, 0.2) is 5.76 Å². The van der Waals surface area contributed by atoms with E-state index in [9.17, 15) is 15.2 Å². The van der Waals surface area contributed by atoms with Crippen molar-refractivity contribution in [3.8, 4) is 11.8 Å². The van der Waals surface area contributed by atoms with Crippen molar-refractivity contribution >= 4 is 10.8 Å². The number of benzene rings is 2. The molecule has 1 aliphatic rings. The standard InChI is InChI=1S/C20H14N2O4/c21-9-15-17(13-6-5-11-3-1-2-4-12(11)7-13)19-18(26-20(15)22)16(24)8-14(10-23)25-19/h1-8,17,23H,10,22H2/t17-/m1/s1. The first-order chi connectivity index (χ1) is 12.6. The van der Waals surface area contributed by atoms with E-state index in [1.165, 1.54) is 0 Å². The number of nitrogens with two attached hydrogens (primary N) is 1. The first-order valence-electron chi connectivity index (χ1n) is 7.96. The van der Waals surface area contributed by atoms with Gasteiger partial charge in [0.2, 0.25) is 17.1 Å². The number of aliphatic hydroxyl groups excluding tert-OH is 1. The van der Waals surface area contributed by atoms with Gasteiger partial charge in [-0.3, -0.25) is 4.79 Å². The van der Waals surface area contributed by atoms with E-state index in [1.807, 2.05) is 42.5 Å². The van der Waals surface area contributed by atoms with Crippen LogP contribution >= 0.6 is 0 Å². The van der Waals surface area contributed by atoms with Gasteiger partial charge in [-0.1, -0.05) is 42.5 Å². The van der Waals surface area contributed by atoms with Crippen molar-refractivity contribution in [2.24, 2.45) is 5.73 Å². The van der Waals surface area contributed by atoms with Crippen molar-refractivity contribution in [1.82, 2.24) is 0 Å². The Morgan fingerprint density at radius 1 is 1.15 bits per heavy atom. The van der Waals surface area contributed by atoms with Crippen molar-refractivity contribution in [3.63, 3.8) is 0 Å². The molecule has 0 aliphatic carbocycles. The van der Waals surface area contributed by atoms with Crippen LogP contribution in [0.1, 0.15) is 23.0 Å². The summed E-state index contributed by atoms with van der Waals surface area (Å²) in [6.07, 6.45) is 0. The minimum absolute atomic E-state index is 0.0585. The smallest absolute Gasteiger partial charge is 0.228 e. The average molecular weight is 346 g/mol. The van der Waals surface area contributed by atoms with Crippen molar-refractivity contribution in [1.29, 1.82) is 5.26 Å². The molecule has 26 heavy (non-hydrogen) atoms. The predicted molar refractivity (Wildman–Crippen MR) is 94.1 cm³/mol. The van der Waals surface area contributed by atoms with Crippen LogP contribution in [0.15, 0.2) is 69.2 Å². The molecule has 2 heterocycles. The molecule has 0 amide bonds. The van der Waals surface area contributed by atoms with Crippen LogP contribution in [0.3, 0.4) is 0 Å². The molecule has 6 heteroatoms. The van der Waals surface area contributed by atoms with E-state index >= 15 is 0 Å². The van der Waals surface area contributed by atoms with Crippen molar-refractivity contribution in [2.75, 3.05) is 0 Å². The van der Waals surface area contributed by atoms with Gasteiger partial charge >= 0.3 is 0 Å². The number of hydrogen-bond acceptors (Lipinski definition) is 6. The highest BCUT2D eigenvalue weighted by Crippen LogP contribution is 2.41. The molecule has 1 aromatic heterocycles. The van der Waals surface area contributed by atoms with E-state index < -0.39 is 18.0 Å². The van der Waals surface area contributed by atoms with Crippen LogP contribution in [0.25, 0.3) is 10.8 Å². The number of fused-ring (bicyclic) bond motifs is 2. The Labute approximate surface area is 148 Å². The van der Waals surface area contributed by atoms with E-state index in [2.05, 4.69) is 6.07 Å². The lowest BCUT2D eigenvalue weighted by atomic mass is 9.86. The third-order valence-corrected chi connectivity index (χ3v) is 4.39. The van der Waals surface area contributed by atoms with E-state index in [4.69, 9.17) is 14.9 Å². The molecule has 6 nitrogen and oxygen atoms in total. The largest absolute Gasteiger partial charge is 0.458 e. The molecular weight excluding hydrogens is 332 g/mol. The number of rotatable bonds is 2. The van der Waals surface area contributed by atoms with E-state index in [0.29, 0.717) is 0 Å². The van der Waals surface area contributed by atoms with Gasteiger partial charge in [-0.25, -0.2) is 0 Å². The molecule has 3 aromatic rings. The highest BCUT2D eigenvalue weighted by Gasteiger charge is 2.35. The van der Waals surface area contributed by atoms with Crippen molar-refractivity contribution in [2.45, 2.75) is 12.5 Å². The molecule has 0 spiro atoms. The molecule has 1 aliphatic heterocycles. The molecule has 1 atom stereocenters. The third kappa shape index (κ3) is 2.42. The minimum Gasteiger partial charge on any atom is -0.458 e. The second kappa shape index (κ2) is 6.06. The Kier molecular flexibility index (Phi) is 3.72. The zero-order valence-corrected chi connectivity index (χ0v) is 13.6. The maximum Gasteiger partial charge on any atom is 0.228 e. The summed E-state index contributed by atoms with van der Waals surface area (Å²) in [5.41, 5.74) is 6.33. The molecule has 2 aromatic carbocycles. The summed E-state index contributed by atoms with van der Waals surface area (Å²) >= 11 is 0. The maximum atomic E-state index is 12.3.